The molecule has 0 amide bonds. The zero-order valence-electron chi connectivity index (χ0n) is 11.1. The summed E-state index contributed by atoms with van der Waals surface area (Å²) >= 11 is 1.57. The van der Waals surface area contributed by atoms with Crippen LogP contribution in [0.1, 0.15) is 23.0 Å². The minimum atomic E-state index is -1.22. The van der Waals surface area contributed by atoms with Gasteiger partial charge in [0.25, 0.3) is 0 Å². The van der Waals surface area contributed by atoms with Crippen molar-refractivity contribution >= 4 is 28.8 Å². The number of aromatic carboxylic acids is 1. The van der Waals surface area contributed by atoms with Crippen molar-refractivity contribution in [3.05, 3.63) is 50.3 Å². The molecule has 110 valence electrons. The summed E-state index contributed by atoms with van der Waals surface area (Å²) in [5, 5.41) is 26.8. The average Bonchev–Trinajstić information content (AvgIpc) is 2.90. The Morgan fingerprint density at radius 2 is 2.29 bits per heavy atom. The lowest BCUT2D eigenvalue weighted by atomic mass is 10.1. The molecule has 2 aromatic heterocycles. The second-order valence-corrected chi connectivity index (χ2v) is 5.29. The molecule has 0 saturated heterocycles. The molecular weight excluding hydrogens is 294 g/mol. The third kappa shape index (κ3) is 3.76. The lowest BCUT2D eigenvalue weighted by molar-refractivity contribution is -0.384. The summed E-state index contributed by atoms with van der Waals surface area (Å²) in [6.07, 6.45) is 0.666. The topological polar surface area (TPSA) is 105 Å². The first-order valence-electron chi connectivity index (χ1n) is 6.13. The first-order valence-corrected chi connectivity index (χ1v) is 7.08. The van der Waals surface area contributed by atoms with E-state index in [1.54, 1.807) is 11.3 Å². The summed E-state index contributed by atoms with van der Waals surface area (Å²) < 4.78 is 0. The number of carboxylic acid groups (broad SMARTS) is 1. The molecule has 21 heavy (non-hydrogen) atoms. The van der Waals surface area contributed by atoms with Crippen LogP contribution in [0, 0.1) is 10.1 Å². The predicted molar refractivity (Wildman–Crippen MR) is 79.0 cm³/mol. The molecule has 8 heteroatoms. The van der Waals surface area contributed by atoms with Gasteiger partial charge in [0.2, 0.25) is 5.82 Å². The Balaban J connectivity index is 2.21. The standard InChI is InChI=1S/C13H13N3O4S/c1-8(6-9-4-5-21-7-9)14-12-11(16(19)20)3-2-10(15-12)13(17)18/h2-5,7-8H,6H2,1H3,(H,14,15)(H,17,18). The Bertz CT molecular complexity index is 657. The van der Waals surface area contributed by atoms with Crippen molar-refractivity contribution in [2.45, 2.75) is 19.4 Å². The fourth-order valence-electron chi connectivity index (χ4n) is 1.87. The van der Waals surface area contributed by atoms with Crippen molar-refractivity contribution in [1.82, 2.24) is 4.98 Å². The highest BCUT2D eigenvalue weighted by Crippen LogP contribution is 2.23. The van der Waals surface area contributed by atoms with Gasteiger partial charge >= 0.3 is 11.7 Å². The summed E-state index contributed by atoms with van der Waals surface area (Å²) in [6.45, 7) is 1.86. The van der Waals surface area contributed by atoms with Crippen LogP contribution in [0.3, 0.4) is 0 Å². The molecule has 1 atom stereocenters. The molecule has 0 aliphatic heterocycles. The van der Waals surface area contributed by atoms with Gasteiger partial charge in [-0.25, -0.2) is 9.78 Å². The Hall–Kier alpha value is -2.48. The highest BCUT2D eigenvalue weighted by atomic mass is 32.1. The van der Waals surface area contributed by atoms with Crippen molar-refractivity contribution in [2.75, 3.05) is 5.32 Å². The van der Waals surface area contributed by atoms with E-state index < -0.39 is 10.9 Å². The number of thiophene rings is 1. The quantitative estimate of drug-likeness (QED) is 0.628. The number of aromatic nitrogens is 1. The maximum absolute atomic E-state index is 11.0. The molecular formula is C13H13N3O4S. The maximum atomic E-state index is 11.0. The van der Waals surface area contributed by atoms with Crippen molar-refractivity contribution in [1.29, 1.82) is 0 Å². The van der Waals surface area contributed by atoms with Gasteiger partial charge in [0, 0.05) is 12.1 Å². The van der Waals surface area contributed by atoms with Gasteiger partial charge in [-0.3, -0.25) is 10.1 Å². The third-order valence-electron chi connectivity index (χ3n) is 2.79. The number of nitro groups is 1. The summed E-state index contributed by atoms with van der Waals surface area (Å²) in [5.41, 5.74) is 0.639. The molecule has 2 rings (SSSR count). The molecule has 0 aliphatic carbocycles. The molecule has 2 N–H and O–H groups in total. The minimum absolute atomic E-state index is 0.0253. The second-order valence-electron chi connectivity index (χ2n) is 4.51. The number of nitrogens with zero attached hydrogens (tertiary/aromatic N) is 2. The molecule has 7 nitrogen and oxygen atoms in total. The van der Waals surface area contributed by atoms with E-state index in [9.17, 15) is 14.9 Å². The minimum Gasteiger partial charge on any atom is -0.477 e. The fraction of sp³-hybridized carbons (Fsp3) is 0.231. The number of carbonyl (C=O) groups is 1. The molecule has 0 aromatic carbocycles. The molecule has 0 radical (unpaired) electrons. The first kappa shape index (κ1) is 14.9. The van der Waals surface area contributed by atoms with Crippen LogP contribution in [0.25, 0.3) is 0 Å². The van der Waals surface area contributed by atoms with Crippen molar-refractivity contribution in [3.8, 4) is 0 Å². The van der Waals surface area contributed by atoms with Gasteiger partial charge in [-0.15, -0.1) is 0 Å². The molecule has 2 aromatic rings. The summed E-state index contributed by atoms with van der Waals surface area (Å²) in [6, 6.07) is 4.12. The summed E-state index contributed by atoms with van der Waals surface area (Å²) in [7, 11) is 0. The van der Waals surface area contributed by atoms with Crippen LogP contribution in [-0.4, -0.2) is 27.0 Å². The summed E-state index contributed by atoms with van der Waals surface area (Å²) in [5.74, 6) is -1.25. The van der Waals surface area contributed by atoms with Gasteiger partial charge in [-0.2, -0.15) is 11.3 Å². The zero-order valence-corrected chi connectivity index (χ0v) is 12.0. The van der Waals surface area contributed by atoms with Crippen LogP contribution in [-0.2, 0) is 6.42 Å². The fourth-order valence-corrected chi connectivity index (χ4v) is 2.55. The van der Waals surface area contributed by atoms with E-state index in [2.05, 4.69) is 10.3 Å². The highest BCUT2D eigenvalue weighted by molar-refractivity contribution is 7.07. The zero-order chi connectivity index (χ0) is 15.4. The molecule has 1 unspecified atom stereocenters. The lowest BCUT2D eigenvalue weighted by Crippen LogP contribution is -2.20. The van der Waals surface area contributed by atoms with Gasteiger partial charge in [0.05, 0.1) is 4.92 Å². The number of rotatable bonds is 6. The van der Waals surface area contributed by atoms with Gasteiger partial charge in [-0.1, -0.05) is 0 Å². The van der Waals surface area contributed by atoms with Crippen LogP contribution in [0.2, 0.25) is 0 Å². The van der Waals surface area contributed by atoms with Crippen LogP contribution >= 0.6 is 11.3 Å². The van der Waals surface area contributed by atoms with Gasteiger partial charge in [0.15, 0.2) is 5.69 Å². The van der Waals surface area contributed by atoms with E-state index in [1.165, 1.54) is 0 Å². The van der Waals surface area contributed by atoms with Crippen LogP contribution < -0.4 is 5.32 Å². The van der Waals surface area contributed by atoms with E-state index in [4.69, 9.17) is 5.11 Å². The SMILES string of the molecule is CC(Cc1ccsc1)Nc1nc(C(=O)O)ccc1[N+](=O)[O-]. The van der Waals surface area contributed by atoms with Gasteiger partial charge in [-0.05, 0) is 41.8 Å². The van der Waals surface area contributed by atoms with Gasteiger partial charge in [0.1, 0.15) is 0 Å². The number of anilines is 1. The Morgan fingerprint density at radius 1 is 1.52 bits per heavy atom. The van der Waals surface area contributed by atoms with E-state index >= 15 is 0 Å². The largest absolute Gasteiger partial charge is 0.477 e. The smallest absolute Gasteiger partial charge is 0.354 e. The van der Waals surface area contributed by atoms with E-state index in [1.807, 2.05) is 23.8 Å². The predicted octanol–water partition coefficient (Wildman–Crippen LogP) is 2.79. The highest BCUT2D eigenvalue weighted by Gasteiger charge is 2.20. The molecule has 0 bridgehead atoms. The van der Waals surface area contributed by atoms with Crippen molar-refractivity contribution in [3.63, 3.8) is 0 Å². The lowest BCUT2D eigenvalue weighted by Gasteiger charge is -2.14. The number of hydrogen-bond acceptors (Lipinski definition) is 6. The van der Waals surface area contributed by atoms with E-state index in [0.717, 1.165) is 17.7 Å². The number of carboxylic acids is 1. The Labute approximate surface area is 124 Å². The molecule has 0 saturated carbocycles. The third-order valence-corrected chi connectivity index (χ3v) is 3.53. The molecule has 0 aliphatic rings. The van der Waals surface area contributed by atoms with Crippen LogP contribution in [0.15, 0.2) is 29.0 Å². The number of nitrogens with one attached hydrogen (secondary N) is 1. The Kier molecular flexibility index (Phi) is 4.49. The molecule has 0 fully saturated rings. The number of pyridine rings is 1. The van der Waals surface area contributed by atoms with E-state index in [-0.39, 0.29) is 23.2 Å². The second kappa shape index (κ2) is 6.31. The molecule has 2 heterocycles. The number of hydrogen-bond donors (Lipinski definition) is 2. The monoisotopic (exact) mass is 307 g/mol. The van der Waals surface area contributed by atoms with Crippen LogP contribution in [0.4, 0.5) is 11.5 Å². The van der Waals surface area contributed by atoms with Crippen molar-refractivity contribution < 1.29 is 14.8 Å². The van der Waals surface area contributed by atoms with Crippen molar-refractivity contribution in [2.24, 2.45) is 0 Å². The first-order chi connectivity index (χ1) is 9.97. The van der Waals surface area contributed by atoms with Gasteiger partial charge < -0.3 is 10.4 Å². The molecule has 0 spiro atoms. The normalized spacial score (nSPS) is 11.9. The summed E-state index contributed by atoms with van der Waals surface area (Å²) in [4.78, 5) is 25.1. The Morgan fingerprint density at radius 3 is 2.86 bits per heavy atom. The average molecular weight is 307 g/mol. The van der Waals surface area contributed by atoms with Crippen LogP contribution in [0.5, 0.6) is 0 Å². The maximum Gasteiger partial charge on any atom is 0.354 e. The van der Waals surface area contributed by atoms with E-state index in [0.29, 0.717) is 6.42 Å².